The molecule has 1 aromatic heterocycles. The standard InChI is InChI=1S/C12H10NO3PS2.C2H6/c14-12(13-17)9-5-7-6-19(15,16)10-4-2-1-3-8(10)11(7)18-9;1-2/h1-5H,6,17H2,(H,13,14);1-2H3. The molecule has 0 bridgehead atoms. The van der Waals surface area contributed by atoms with Crippen molar-refractivity contribution in [2.45, 2.75) is 24.5 Å². The third-order valence-electron chi connectivity index (χ3n) is 2.98. The van der Waals surface area contributed by atoms with Crippen LogP contribution in [-0.4, -0.2) is 14.3 Å². The van der Waals surface area contributed by atoms with E-state index >= 15 is 0 Å². The zero-order chi connectivity index (χ0) is 15.6. The van der Waals surface area contributed by atoms with Crippen molar-refractivity contribution in [2.24, 2.45) is 0 Å². The molecule has 0 radical (unpaired) electrons. The van der Waals surface area contributed by atoms with Gasteiger partial charge in [-0.25, -0.2) is 8.42 Å². The van der Waals surface area contributed by atoms with E-state index in [0.29, 0.717) is 20.9 Å². The molecule has 0 saturated heterocycles. The molecule has 1 aliphatic rings. The van der Waals surface area contributed by atoms with E-state index in [1.165, 1.54) is 11.3 Å². The van der Waals surface area contributed by atoms with E-state index in [1.54, 1.807) is 30.3 Å². The lowest BCUT2D eigenvalue weighted by molar-refractivity contribution is 0.0988. The van der Waals surface area contributed by atoms with Gasteiger partial charge in [-0.3, -0.25) is 4.79 Å². The lowest BCUT2D eigenvalue weighted by atomic mass is 10.1. The number of nitrogens with one attached hydrogen (secondary N) is 1. The van der Waals surface area contributed by atoms with Crippen molar-refractivity contribution in [3.8, 4) is 10.4 Å². The monoisotopic (exact) mass is 341 g/mol. The van der Waals surface area contributed by atoms with Crippen LogP contribution < -0.4 is 5.09 Å². The highest BCUT2D eigenvalue weighted by atomic mass is 32.2. The first-order valence-corrected chi connectivity index (χ1v) is 9.53. The second-order valence-electron chi connectivity index (χ2n) is 4.19. The van der Waals surface area contributed by atoms with E-state index in [4.69, 9.17) is 0 Å². The number of sulfone groups is 1. The molecule has 3 rings (SSSR count). The third-order valence-corrected chi connectivity index (χ3v) is 6.16. The molecule has 1 N–H and O–H groups in total. The van der Waals surface area contributed by atoms with Crippen LogP contribution in [-0.2, 0) is 15.6 Å². The summed E-state index contributed by atoms with van der Waals surface area (Å²) in [6.45, 7) is 4.00. The summed E-state index contributed by atoms with van der Waals surface area (Å²) in [5.41, 5.74) is 1.39. The summed E-state index contributed by atoms with van der Waals surface area (Å²) in [6.07, 6.45) is 0. The third kappa shape index (κ3) is 2.89. The van der Waals surface area contributed by atoms with Gasteiger partial charge in [-0.15, -0.1) is 11.3 Å². The average molecular weight is 341 g/mol. The van der Waals surface area contributed by atoms with Gasteiger partial charge in [0, 0.05) is 10.4 Å². The summed E-state index contributed by atoms with van der Waals surface area (Å²) in [4.78, 5) is 13.4. The summed E-state index contributed by atoms with van der Waals surface area (Å²) in [5, 5.41) is 2.47. The summed E-state index contributed by atoms with van der Waals surface area (Å²) in [5.74, 6) is -0.265. The number of hydrogen-bond donors (Lipinski definition) is 1. The Bertz CT molecular complexity index is 781. The first-order chi connectivity index (χ1) is 10.0. The largest absolute Gasteiger partial charge is 0.336 e. The second kappa shape index (κ2) is 6.26. The molecule has 7 heteroatoms. The summed E-state index contributed by atoms with van der Waals surface area (Å²) in [6, 6.07) is 8.57. The van der Waals surface area contributed by atoms with Crippen molar-refractivity contribution in [2.75, 3.05) is 0 Å². The van der Waals surface area contributed by atoms with Gasteiger partial charge in [0.15, 0.2) is 9.84 Å². The number of fused-ring (bicyclic) bond motifs is 3. The maximum absolute atomic E-state index is 12.2. The minimum absolute atomic E-state index is 0.0417. The van der Waals surface area contributed by atoms with Crippen molar-refractivity contribution in [3.05, 3.63) is 40.8 Å². The lowest BCUT2D eigenvalue weighted by Crippen LogP contribution is -2.11. The minimum Gasteiger partial charge on any atom is -0.336 e. The molecule has 1 aliphatic heterocycles. The Hall–Kier alpha value is -1.23. The highest BCUT2D eigenvalue weighted by Gasteiger charge is 2.30. The summed E-state index contributed by atoms with van der Waals surface area (Å²) in [7, 11) is -1.15. The van der Waals surface area contributed by atoms with Gasteiger partial charge in [0.25, 0.3) is 5.91 Å². The maximum Gasteiger partial charge on any atom is 0.264 e. The van der Waals surface area contributed by atoms with Gasteiger partial charge >= 0.3 is 0 Å². The topological polar surface area (TPSA) is 63.2 Å². The van der Waals surface area contributed by atoms with Crippen LogP contribution >= 0.6 is 20.7 Å². The van der Waals surface area contributed by atoms with E-state index in [-0.39, 0.29) is 11.7 Å². The molecule has 0 saturated carbocycles. The molecular formula is C14H16NO3PS2. The molecule has 21 heavy (non-hydrogen) atoms. The molecule has 1 atom stereocenters. The average Bonchev–Trinajstić information content (AvgIpc) is 2.92. The number of benzene rings is 1. The molecule has 2 heterocycles. The SMILES string of the molecule is CC.O=C(NP)c1cc2c(s1)-c1ccccc1S(=O)(=O)C2. The Labute approximate surface area is 130 Å². The Morgan fingerprint density at radius 3 is 2.62 bits per heavy atom. The number of carbonyl (C=O) groups is 1. The fraction of sp³-hybridized carbons (Fsp3) is 0.214. The molecule has 1 aromatic carbocycles. The van der Waals surface area contributed by atoms with Gasteiger partial charge in [-0.05, 0) is 27.1 Å². The van der Waals surface area contributed by atoms with E-state index < -0.39 is 9.84 Å². The summed E-state index contributed by atoms with van der Waals surface area (Å²) >= 11 is 1.32. The van der Waals surface area contributed by atoms with Gasteiger partial charge < -0.3 is 5.09 Å². The molecule has 1 amide bonds. The number of rotatable bonds is 1. The first kappa shape index (κ1) is 16.1. The van der Waals surface area contributed by atoms with Gasteiger partial charge in [-0.2, -0.15) is 0 Å². The number of amides is 1. The van der Waals surface area contributed by atoms with Crippen LogP contribution in [0.4, 0.5) is 0 Å². The van der Waals surface area contributed by atoms with Crippen molar-refractivity contribution in [1.29, 1.82) is 0 Å². The zero-order valence-corrected chi connectivity index (χ0v) is 14.5. The Morgan fingerprint density at radius 2 is 1.95 bits per heavy atom. The molecule has 0 fully saturated rings. The first-order valence-electron chi connectivity index (χ1n) is 6.49. The van der Waals surface area contributed by atoms with Gasteiger partial charge in [0.05, 0.1) is 15.5 Å². The molecule has 4 nitrogen and oxygen atoms in total. The molecule has 0 spiro atoms. The van der Waals surface area contributed by atoms with Crippen molar-refractivity contribution >= 4 is 36.5 Å². The molecule has 0 aliphatic carbocycles. The molecular weight excluding hydrogens is 325 g/mol. The Morgan fingerprint density at radius 1 is 1.29 bits per heavy atom. The van der Waals surface area contributed by atoms with Crippen LogP contribution in [0.1, 0.15) is 29.1 Å². The van der Waals surface area contributed by atoms with E-state index in [0.717, 1.165) is 4.88 Å². The fourth-order valence-electron chi connectivity index (χ4n) is 2.15. The Kier molecular flexibility index (Phi) is 4.81. The molecule has 2 aromatic rings. The number of hydrogen-bond acceptors (Lipinski definition) is 4. The number of carbonyl (C=O) groups excluding carboxylic acids is 1. The smallest absolute Gasteiger partial charge is 0.264 e. The highest BCUT2D eigenvalue weighted by molar-refractivity contribution is 7.91. The van der Waals surface area contributed by atoms with E-state index in [2.05, 4.69) is 14.5 Å². The van der Waals surface area contributed by atoms with Crippen LogP contribution in [0.5, 0.6) is 0 Å². The van der Waals surface area contributed by atoms with Gasteiger partial charge in [0.1, 0.15) is 0 Å². The van der Waals surface area contributed by atoms with Gasteiger partial charge in [-0.1, -0.05) is 32.0 Å². The summed E-state index contributed by atoms with van der Waals surface area (Å²) < 4.78 is 24.4. The van der Waals surface area contributed by atoms with Crippen molar-refractivity contribution < 1.29 is 13.2 Å². The predicted octanol–water partition coefficient (Wildman–Crippen LogP) is 3.25. The minimum atomic E-state index is -3.30. The molecule has 112 valence electrons. The maximum atomic E-state index is 12.2. The van der Waals surface area contributed by atoms with Crippen LogP contribution in [0, 0.1) is 0 Å². The zero-order valence-electron chi connectivity index (χ0n) is 11.7. The fourth-order valence-corrected chi connectivity index (χ4v) is 5.28. The van der Waals surface area contributed by atoms with Crippen LogP contribution in [0.2, 0.25) is 0 Å². The quantitative estimate of drug-likeness (QED) is 0.810. The Balaban J connectivity index is 0.000000774. The number of thiophene rings is 1. The van der Waals surface area contributed by atoms with E-state index in [1.807, 2.05) is 13.8 Å². The lowest BCUT2D eigenvalue weighted by Gasteiger charge is -2.15. The highest BCUT2D eigenvalue weighted by Crippen LogP contribution is 2.42. The molecule has 1 unspecified atom stereocenters. The van der Waals surface area contributed by atoms with Crippen LogP contribution in [0.25, 0.3) is 10.4 Å². The predicted molar refractivity (Wildman–Crippen MR) is 89.2 cm³/mol. The normalized spacial score (nSPS) is 14.2. The second-order valence-corrected chi connectivity index (χ2v) is 7.49. The van der Waals surface area contributed by atoms with Crippen LogP contribution in [0.15, 0.2) is 35.2 Å². The van der Waals surface area contributed by atoms with Crippen molar-refractivity contribution in [1.82, 2.24) is 5.09 Å². The van der Waals surface area contributed by atoms with Crippen molar-refractivity contribution in [3.63, 3.8) is 0 Å². The van der Waals surface area contributed by atoms with E-state index in [9.17, 15) is 13.2 Å². The van der Waals surface area contributed by atoms with Gasteiger partial charge in [0.2, 0.25) is 0 Å². The van der Waals surface area contributed by atoms with Crippen LogP contribution in [0.3, 0.4) is 0 Å².